The molecule has 1 N–H and O–H groups in total. The van der Waals surface area contributed by atoms with Crippen LogP contribution in [0, 0.1) is 26.2 Å². The van der Waals surface area contributed by atoms with E-state index >= 15 is 0 Å². The van der Waals surface area contributed by atoms with Crippen molar-refractivity contribution in [2.45, 2.75) is 13.8 Å². The zero-order valence-corrected chi connectivity index (χ0v) is 7.68. The minimum absolute atomic E-state index is 0.601. The van der Waals surface area contributed by atoms with E-state index in [1.807, 2.05) is 6.07 Å². The summed E-state index contributed by atoms with van der Waals surface area (Å²) in [4.78, 5) is 7.37. The summed E-state index contributed by atoms with van der Waals surface area (Å²) in [6, 6.07) is 4.07. The number of aromatic amines is 1. The molecule has 1 heterocycles. The summed E-state index contributed by atoms with van der Waals surface area (Å²) in [6.45, 7) is 4.12. The van der Waals surface area contributed by atoms with Crippen LogP contribution in [0.4, 0.5) is 0 Å². The summed E-state index contributed by atoms with van der Waals surface area (Å²) in [7, 11) is 0. The second kappa shape index (κ2) is 2.63. The molecule has 0 aliphatic carbocycles. The van der Waals surface area contributed by atoms with Crippen LogP contribution in [0.3, 0.4) is 0 Å². The Bertz CT molecular complexity index is 501. The van der Waals surface area contributed by atoms with Crippen LogP contribution in [0.15, 0.2) is 12.1 Å². The Morgan fingerprint density at radius 2 is 2.15 bits per heavy atom. The SMILES string of the molecule is C#Cc1nc2c(C)c(C)ccc2[nH]1. The molecule has 2 nitrogen and oxygen atoms in total. The maximum absolute atomic E-state index is 5.26. The first-order valence-electron chi connectivity index (χ1n) is 4.15. The van der Waals surface area contributed by atoms with Crippen LogP contribution in [0.2, 0.25) is 0 Å². The summed E-state index contributed by atoms with van der Waals surface area (Å²) in [5.41, 5.74) is 4.42. The third kappa shape index (κ3) is 1.09. The Kier molecular flexibility index (Phi) is 1.60. The van der Waals surface area contributed by atoms with Crippen molar-refractivity contribution in [3.63, 3.8) is 0 Å². The molecular weight excluding hydrogens is 160 g/mol. The first kappa shape index (κ1) is 7.88. The van der Waals surface area contributed by atoms with Gasteiger partial charge in [0.05, 0.1) is 11.0 Å². The van der Waals surface area contributed by atoms with E-state index < -0.39 is 0 Å². The van der Waals surface area contributed by atoms with Crippen molar-refractivity contribution in [1.82, 2.24) is 9.97 Å². The molecule has 0 amide bonds. The zero-order chi connectivity index (χ0) is 9.42. The van der Waals surface area contributed by atoms with Gasteiger partial charge in [0, 0.05) is 0 Å². The molecular formula is C11H10N2. The number of rotatable bonds is 0. The van der Waals surface area contributed by atoms with Gasteiger partial charge in [-0.3, -0.25) is 0 Å². The first-order valence-corrected chi connectivity index (χ1v) is 4.15. The van der Waals surface area contributed by atoms with Crippen molar-refractivity contribution in [1.29, 1.82) is 0 Å². The molecule has 2 heteroatoms. The maximum Gasteiger partial charge on any atom is 0.183 e. The largest absolute Gasteiger partial charge is 0.331 e. The van der Waals surface area contributed by atoms with Gasteiger partial charge in [-0.05, 0) is 37.0 Å². The third-order valence-electron chi connectivity index (χ3n) is 2.32. The van der Waals surface area contributed by atoms with Crippen LogP contribution < -0.4 is 0 Å². The highest BCUT2D eigenvalue weighted by Gasteiger charge is 2.04. The normalized spacial score (nSPS) is 10.2. The van der Waals surface area contributed by atoms with Crippen molar-refractivity contribution in [3.8, 4) is 12.3 Å². The lowest BCUT2D eigenvalue weighted by Gasteiger charge is -1.97. The van der Waals surface area contributed by atoms with Gasteiger partial charge in [0.15, 0.2) is 5.82 Å². The quantitative estimate of drug-likeness (QED) is 0.603. The number of terminal acetylenes is 1. The number of hydrogen-bond donors (Lipinski definition) is 1. The van der Waals surface area contributed by atoms with Gasteiger partial charge in [-0.25, -0.2) is 4.98 Å². The fourth-order valence-electron chi connectivity index (χ4n) is 1.38. The van der Waals surface area contributed by atoms with E-state index in [9.17, 15) is 0 Å². The fraction of sp³-hybridized carbons (Fsp3) is 0.182. The third-order valence-corrected chi connectivity index (χ3v) is 2.32. The van der Waals surface area contributed by atoms with Gasteiger partial charge in [0.1, 0.15) is 0 Å². The van der Waals surface area contributed by atoms with Gasteiger partial charge < -0.3 is 4.98 Å². The number of H-pyrrole nitrogens is 1. The standard InChI is InChI=1S/C11H10N2/c1-4-10-12-9-6-5-7(2)8(3)11(9)13-10/h1,5-6H,2-3H3,(H,12,13). The van der Waals surface area contributed by atoms with Crippen LogP contribution in [0.1, 0.15) is 17.0 Å². The first-order chi connectivity index (χ1) is 6.22. The minimum atomic E-state index is 0.601. The number of hydrogen-bond acceptors (Lipinski definition) is 1. The molecule has 1 aromatic heterocycles. The van der Waals surface area contributed by atoms with Crippen LogP contribution in [-0.2, 0) is 0 Å². The van der Waals surface area contributed by atoms with Crippen LogP contribution in [-0.4, -0.2) is 9.97 Å². The second-order valence-electron chi connectivity index (χ2n) is 3.13. The molecule has 13 heavy (non-hydrogen) atoms. The predicted molar refractivity (Wildman–Crippen MR) is 53.5 cm³/mol. The molecule has 0 saturated carbocycles. The zero-order valence-electron chi connectivity index (χ0n) is 7.68. The smallest absolute Gasteiger partial charge is 0.183 e. The molecule has 64 valence electrons. The summed E-state index contributed by atoms with van der Waals surface area (Å²) >= 11 is 0. The average Bonchev–Trinajstić information content (AvgIpc) is 2.55. The Hall–Kier alpha value is -1.75. The van der Waals surface area contributed by atoms with Gasteiger partial charge >= 0.3 is 0 Å². The Labute approximate surface area is 77.0 Å². The number of aryl methyl sites for hydroxylation is 2. The lowest BCUT2D eigenvalue weighted by Crippen LogP contribution is -1.81. The predicted octanol–water partition coefficient (Wildman–Crippen LogP) is 2.16. The highest BCUT2D eigenvalue weighted by molar-refractivity contribution is 5.80. The number of benzene rings is 1. The Morgan fingerprint density at radius 3 is 2.85 bits per heavy atom. The van der Waals surface area contributed by atoms with Crippen LogP contribution in [0.5, 0.6) is 0 Å². The van der Waals surface area contributed by atoms with Gasteiger partial charge in [-0.15, -0.1) is 6.42 Å². The van der Waals surface area contributed by atoms with E-state index in [1.165, 1.54) is 11.1 Å². The van der Waals surface area contributed by atoms with E-state index in [0.29, 0.717) is 5.82 Å². The highest BCUT2D eigenvalue weighted by atomic mass is 14.9. The van der Waals surface area contributed by atoms with Crippen molar-refractivity contribution in [2.24, 2.45) is 0 Å². The van der Waals surface area contributed by atoms with Gasteiger partial charge in [-0.1, -0.05) is 6.07 Å². The van der Waals surface area contributed by atoms with Crippen molar-refractivity contribution in [2.75, 3.05) is 0 Å². The van der Waals surface area contributed by atoms with Crippen molar-refractivity contribution in [3.05, 3.63) is 29.1 Å². The maximum atomic E-state index is 5.26. The second-order valence-corrected chi connectivity index (χ2v) is 3.13. The molecule has 2 rings (SSSR count). The van der Waals surface area contributed by atoms with E-state index in [1.54, 1.807) is 0 Å². The molecule has 0 aliphatic heterocycles. The molecule has 2 aromatic rings. The number of nitrogens with zero attached hydrogens (tertiary/aromatic N) is 1. The monoisotopic (exact) mass is 170 g/mol. The average molecular weight is 170 g/mol. The van der Waals surface area contributed by atoms with E-state index in [0.717, 1.165) is 11.0 Å². The topological polar surface area (TPSA) is 28.7 Å². The molecule has 0 radical (unpaired) electrons. The van der Waals surface area contributed by atoms with Crippen molar-refractivity contribution < 1.29 is 0 Å². The lowest BCUT2D eigenvalue weighted by atomic mass is 10.1. The lowest BCUT2D eigenvalue weighted by molar-refractivity contribution is 1.27. The number of aromatic nitrogens is 2. The molecule has 0 bridgehead atoms. The minimum Gasteiger partial charge on any atom is -0.331 e. The van der Waals surface area contributed by atoms with E-state index in [4.69, 9.17) is 6.42 Å². The van der Waals surface area contributed by atoms with Gasteiger partial charge in [0.25, 0.3) is 0 Å². The summed E-state index contributed by atoms with van der Waals surface area (Å²) in [6.07, 6.45) is 5.26. The van der Waals surface area contributed by atoms with E-state index in [2.05, 4.69) is 35.8 Å². The van der Waals surface area contributed by atoms with Crippen LogP contribution in [0.25, 0.3) is 11.0 Å². The molecule has 0 fully saturated rings. The Balaban J connectivity index is 2.86. The number of nitrogens with one attached hydrogen (secondary N) is 1. The van der Waals surface area contributed by atoms with Crippen LogP contribution >= 0.6 is 0 Å². The highest BCUT2D eigenvalue weighted by Crippen LogP contribution is 2.18. The summed E-state index contributed by atoms with van der Waals surface area (Å²) in [5, 5.41) is 0. The summed E-state index contributed by atoms with van der Waals surface area (Å²) < 4.78 is 0. The molecule has 0 saturated heterocycles. The Morgan fingerprint density at radius 1 is 1.38 bits per heavy atom. The molecule has 0 atom stereocenters. The molecule has 1 aromatic carbocycles. The fourth-order valence-corrected chi connectivity index (χ4v) is 1.38. The van der Waals surface area contributed by atoms with Gasteiger partial charge in [0.2, 0.25) is 0 Å². The number of imidazole rings is 1. The summed E-state index contributed by atoms with van der Waals surface area (Å²) in [5.74, 6) is 3.10. The number of fused-ring (bicyclic) bond motifs is 1. The van der Waals surface area contributed by atoms with Gasteiger partial charge in [-0.2, -0.15) is 0 Å². The van der Waals surface area contributed by atoms with E-state index in [-0.39, 0.29) is 0 Å². The van der Waals surface area contributed by atoms with Crippen molar-refractivity contribution >= 4 is 11.0 Å². The molecule has 0 unspecified atom stereocenters. The molecule has 0 spiro atoms. The molecule has 0 aliphatic rings.